The van der Waals surface area contributed by atoms with Crippen LogP contribution in [0.1, 0.15) is 87.5 Å². The molecule has 0 spiro atoms. The first kappa shape index (κ1) is 22.5. The van der Waals surface area contributed by atoms with Gasteiger partial charge in [-0.15, -0.1) is 0 Å². The van der Waals surface area contributed by atoms with Crippen LogP contribution in [0.2, 0.25) is 0 Å². The van der Waals surface area contributed by atoms with E-state index in [-0.39, 0.29) is 0 Å². The van der Waals surface area contributed by atoms with Crippen LogP contribution in [0, 0.1) is 35.5 Å². The molecule has 0 amide bonds. The van der Waals surface area contributed by atoms with Crippen molar-refractivity contribution in [2.45, 2.75) is 87.5 Å². The van der Waals surface area contributed by atoms with E-state index < -0.39 is 0 Å². The van der Waals surface area contributed by atoms with Gasteiger partial charge in [-0.05, 0) is 55.3 Å². The summed E-state index contributed by atoms with van der Waals surface area (Å²) < 4.78 is 0. The molecule has 0 heteroatoms. The molecule has 0 N–H and O–H groups in total. The highest BCUT2D eigenvalue weighted by Crippen LogP contribution is 2.37. The average Bonchev–Trinajstić information content (AvgIpc) is 2.52. The highest BCUT2D eigenvalue weighted by atomic mass is 14.3. The Balaban J connectivity index is 4.96. The number of hydrogen-bond donors (Lipinski definition) is 0. The molecule has 0 aromatic heterocycles. The van der Waals surface area contributed by atoms with Crippen molar-refractivity contribution >= 4 is 0 Å². The topological polar surface area (TPSA) is 0 Å². The van der Waals surface area contributed by atoms with Crippen molar-refractivity contribution in [2.75, 3.05) is 0 Å². The van der Waals surface area contributed by atoms with E-state index in [9.17, 15) is 0 Å². The summed E-state index contributed by atoms with van der Waals surface area (Å²) >= 11 is 0. The SMILES string of the molecule is C=C(C)C(C)C(C)C(CCCC)C(=C)CC(C)C(C)C(C)CC. The second-order valence-corrected chi connectivity index (χ2v) is 8.33. The summed E-state index contributed by atoms with van der Waals surface area (Å²) in [5.74, 6) is 4.19. The zero-order valence-electron chi connectivity index (χ0n) is 17.4. The summed E-state index contributed by atoms with van der Waals surface area (Å²) in [7, 11) is 0. The molecule has 0 aliphatic heterocycles. The predicted molar refractivity (Wildman–Crippen MR) is 108 cm³/mol. The van der Waals surface area contributed by atoms with Gasteiger partial charge in [-0.1, -0.05) is 92.0 Å². The van der Waals surface area contributed by atoms with Crippen molar-refractivity contribution < 1.29 is 0 Å². The fourth-order valence-corrected chi connectivity index (χ4v) is 3.74. The van der Waals surface area contributed by atoms with Gasteiger partial charge in [0.25, 0.3) is 0 Å². The fourth-order valence-electron chi connectivity index (χ4n) is 3.74. The van der Waals surface area contributed by atoms with Gasteiger partial charge in [0.2, 0.25) is 0 Å². The van der Waals surface area contributed by atoms with E-state index in [0.29, 0.717) is 17.8 Å². The lowest BCUT2D eigenvalue weighted by atomic mass is 9.72. The third-order valence-corrected chi connectivity index (χ3v) is 6.62. The molecule has 0 nitrogen and oxygen atoms in total. The molecule has 0 heterocycles. The van der Waals surface area contributed by atoms with Gasteiger partial charge in [0.1, 0.15) is 0 Å². The normalized spacial score (nSPS) is 19.5. The van der Waals surface area contributed by atoms with Gasteiger partial charge in [-0.2, -0.15) is 0 Å². The molecule has 0 aliphatic rings. The summed E-state index contributed by atoms with van der Waals surface area (Å²) in [5.41, 5.74) is 2.80. The summed E-state index contributed by atoms with van der Waals surface area (Å²) in [6, 6.07) is 0. The first-order valence-corrected chi connectivity index (χ1v) is 10.00. The van der Waals surface area contributed by atoms with Gasteiger partial charge in [0, 0.05) is 0 Å². The van der Waals surface area contributed by atoms with Gasteiger partial charge >= 0.3 is 0 Å². The highest BCUT2D eigenvalue weighted by molar-refractivity contribution is 5.08. The van der Waals surface area contributed by atoms with Crippen molar-refractivity contribution in [2.24, 2.45) is 35.5 Å². The second kappa shape index (κ2) is 11.1. The van der Waals surface area contributed by atoms with E-state index in [0.717, 1.165) is 17.8 Å². The van der Waals surface area contributed by atoms with Gasteiger partial charge in [-0.25, -0.2) is 0 Å². The van der Waals surface area contributed by atoms with E-state index in [1.54, 1.807) is 0 Å². The first-order chi connectivity index (χ1) is 10.7. The van der Waals surface area contributed by atoms with Crippen molar-refractivity contribution in [1.29, 1.82) is 0 Å². The minimum atomic E-state index is 0.580. The third-order valence-electron chi connectivity index (χ3n) is 6.62. The monoisotopic (exact) mass is 320 g/mol. The maximum absolute atomic E-state index is 4.55. The number of allylic oxidation sites excluding steroid dienone is 2. The van der Waals surface area contributed by atoms with Crippen molar-refractivity contribution in [1.82, 2.24) is 0 Å². The van der Waals surface area contributed by atoms with Gasteiger partial charge in [0.05, 0.1) is 0 Å². The Morgan fingerprint density at radius 2 is 1.43 bits per heavy atom. The smallest absolute Gasteiger partial charge is 0.0174 e. The quantitative estimate of drug-likeness (QED) is 0.320. The average molecular weight is 321 g/mol. The van der Waals surface area contributed by atoms with E-state index >= 15 is 0 Å². The van der Waals surface area contributed by atoms with Crippen LogP contribution in [0.3, 0.4) is 0 Å². The van der Waals surface area contributed by atoms with Crippen LogP contribution in [-0.4, -0.2) is 0 Å². The molecule has 0 saturated heterocycles. The largest absolute Gasteiger partial charge is 0.0999 e. The van der Waals surface area contributed by atoms with E-state index in [1.807, 2.05) is 0 Å². The fraction of sp³-hybridized carbons (Fsp3) is 0.826. The molecule has 0 aliphatic carbocycles. The van der Waals surface area contributed by atoms with E-state index in [4.69, 9.17) is 0 Å². The number of rotatable bonds is 12. The van der Waals surface area contributed by atoms with Crippen LogP contribution < -0.4 is 0 Å². The Kier molecular flexibility index (Phi) is 10.9. The zero-order valence-corrected chi connectivity index (χ0v) is 17.4. The van der Waals surface area contributed by atoms with Crippen LogP contribution in [0.5, 0.6) is 0 Å². The lowest BCUT2D eigenvalue weighted by Crippen LogP contribution is -2.24. The molecule has 6 unspecified atom stereocenters. The number of unbranched alkanes of at least 4 members (excludes halogenated alkanes) is 1. The summed E-state index contributed by atoms with van der Waals surface area (Å²) in [6.07, 6.45) is 6.34. The summed E-state index contributed by atoms with van der Waals surface area (Å²) in [6.45, 7) is 27.5. The number of hydrogen-bond acceptors (Lipinski definition) is 0. The molecule has 0 aromatic rings. The molecular weight excluding hydrogens is 276 g/mol. The summed E-state index contributed by atoms with van der Waals surface area (Å²) in [4.78, 5) is 0. The van der Waals surface area contributed by atoms with Crippen LogP contribution in [0.25, 0.3) is 0 Å². The van der Waals surface area contributed by atoms with Crippen molar-refractivity contribution in [3.05, 3.63) is 24.3 Å². The Morgan fingerprint density at radius 1 is 0.870 bits per heavy atom. The standard InChI is InChI=1S/C23H44/c1-11-13-14-23(22(10)20(8)16(3)4)19(7)15-18(6)21(9)17(5)12-2/h17-18,20-23H,3,7,11-15H2,1-2,4-6,8-10H3. The predicted octanol–water partition coefficient (Wildman–Crippen LogP) is 7.91. The first-order valence-electron chi connectivity index (χ1n) is 10.00. The third kappa shape index (κ3) is 7.27. The second-order valence-electron chi connectivity index (χ2n) is 8.33. The van der Waals surface area contributed by atoms with E-state index in [2.05, 4.69) is 68.5 Å². The van der Waals surface area contributed by atoms with Gasteiger partial charge in [-0.3, -0.25) is 0 Å². The molecule has 0 bridgehead atoms. The molecule has 0 radical (unpaired) electrons. The summed E-state index contributed by atoms with van der Waals surface area (Å²) in [5, 5.41) is 0. The van der Waals surface area contributed by atoms with Gasteiger partial charge < -0.3 is 0 Å². The molecule has 136 valence electrons. The zero-order chi connectivity index (χ0) is 18.2. The Bertz CT molecular complexity index is 351. The Morgan fingerprint density at radius 3 is 1.87 bits per heavy atom. The molecule has 0 saturated carbocycles. The maximum Gasteiger partial charge on any atom is -0.0174 e. The Hall–Kier alpha value is -0.520. The minimum Gasteiger partial charge on any atom is -0.0999 e. The van der Waals surface area contributed by atoms with Crippen molar-refractivity contribution in [3.63, 3.8) is 0 Å². The lowest BCUT2D eigenvalue weighted by molar-refractivity contribution is 0.248. The molecule has 23 heavy (non-hydrogen) atoms. The highest BCUT2D eigenvalue weighted by Gasteiger charge is 2.27. The van der Waals surface area contributed by atoms with Crippen LogP contribution in [-0.2, 0) is 0 Å². The molecule has 6 atom stereocenters. The van der Waals surface area contributed by atoms with Crippen LogP contribution in [0.15, 0.2) is 24.3 Å². The Labute approximate surface area is 147 Å². The van der Waals surface area contributed by atoms with Crippen molar-refractivity contribution in [3.8, 4) is 0 Å². The molecule has 0 aromatic carbocycles. The maximum atomic E-state index is 4.55. The van der Waals surface area contributed by atoms with Crippen LogP contribution in [0.4, 0.5) is 0 Å². The molecule has 0 rings (SSSR count). The minimum absolute atomic E-state index is 0.580. The van der Waals surface area contributed by atoms with Gasteiger partial charge in [0.15, 0.2) is 0 Å². The lowest BCUT2D eigenvalue weighted by Gasteiger charge is -2.34. The van der Waals surface area contributed by atoms with Crippen LogP contribution >= 0.6 is 0 Å². The molecular formula is C23H44. The van der Waals surface area contributed by atoms with E-state index in [1.165, 1.54) is 43.3 Å². The molecule has 0 fully saturated rings.